The van der Waals surface area contributed by atoms with Gasteiger partial charge in [-0.15, -0.1) is 0 Å². The largest absolute Gasteiger partial charge is 0.497 e. The average molecular weight is 336 g/mol. The van der Waals surface area contributed by atoms with E-state index in [9.17, 15) is 4.79 Å². The predicted octanol–water partition coefficient (Wildman–Crippen LogP) is 2.19. The average Bonchev–Trinajstić information content (AvgIpc) is 3.15. The molecule has 0 aliphatic heterocycles. The summed E-state index contributed by atoms with van der Waals surface area (Å²) < 4.78 is 6.88. The molecule has 0 bridgehead atoms. The van der Waals surface area contributed by atoms with Crippen molar-refractivity contribution in [2.24, 2.45) is 0 Å². The second kappa shape index (κ2) is 8.10. The number of aromatic nitrogens is 3. The molecule has 0 spiro atoms. The fourth-order valence-electron chi connectivity index (χ4n) is 2.46. The summed E-state index contributed by atoms with van der Waals surface area (Å²) in [5.41, 5.74) is 3.16. The Hall–Kier alpha value is -3.15. The van der Waals surface area contributed by atoms with Crippen molar-refractivity contribution in [1.82, 2.24) is 20.1 Å². The zero-order chi connectivity index (χ0) is 17.5. The fourth-order valence-corrected chi connectivity index (χ4v) is 2.46. The number of methoxy groups -OCH3 is 1. The van der Waals surface area contributed by atoms with Crippen molar-refractivity contribution in [2.45, 2.75) is 19.5 Å². The second-order valence-electron chi connectivity index (χ2n) is 5.71. The molecule has 1 aromatic heterocycles. The number of carbonyl (C=O) groups is 1. The highest BCUT2D eigenvalue weighted by Gasteiger charge is 2.04. The van der Waals surface area contributed by atoms with Crippen LogP contribution in [-0.4, -0.2) is 27.8 Å². The van der Waals surface area contributed by atoms with Crippen LogP contribution in [0.2, 0.25) is 0 Å². The maximum atomic E-state index is 12.1. The Bertz CT molecular complexity index is 796. The quantitative estimate of drug-likeness (QED) is 0.718. The zero-order valence-corrected chi connectivity index (χ0v) is 14.1. The molecule has 0 saturated heterocycles. The molecule has 0 atom stereocenters. The first-order valence-electron chi connectivity index (χ1n) is 8.03. The molecular formula is C19H20N4O2. The van der Waals surface area contributed by atoms with Crippen LogP contribution >= 0.6 is 0 Å². The molecule has 0 saturated carbocycles. The number of carbonyl (C=O) groups excluding carboxylic acids is 1. The number of benzene rings is 2. The van der Waals surface area contributed by atoms with Crippen molar-refractivity contribution in [1.29, 1.82) is 0 Å². The molecule has 3 rings (SSSR count). The maximum Gasteiger partial charge on any atom is 0.224 e. The molecule has 3 aromatic rings. The Labute approximate surface area is 146 Å². The first kappa shape index (κ1) is 16.7. The van der Waals surface area contributed by atoms with E-state index in [-0.39, 0.29) is 5.91 Å². The molecule has 0 aliphatic rings. The van der Waals surface area contributed by atoms with Crippen LogP contribution in [-0.2, 0) is 24.3 Å². The summed E-state index contributed by atoms with van der Waals surface area (Å²) in [6.07, 6.45) is 3.56. The van der Waals surface area contributed by atoms with E-state index in [1.807, 2.05) is 48.5 Å². The summed E-state index contributed by atoms with van der Waals surface area (Å²) in [5, 5.41) is 7.03. The van der Waals surface area contributed by atoms with Crippen molar-refractivity contribution in [3.8, 4) is 5.75 Å². The summed E-state index contributed by atoms with van der Waals surface area (Å²) in [7, 11) is 1.62. The number of hydrogen-bond donors (Lipinski definition) is 1. The van der Waals surface area contributed by atoms with Gasteiger partial charge in [-0.3, -0.25) is 4.79 Å². The van der Waals surface area contributed by atoms with Crippen LogP contribution in [0.25, 0.3) is 0 Å². The lowest BCUT2D eigenvalue weighted by atomic mass is 10.1. The summed E-state index contributed by atoms with van der Waals surface area (Å²) in [6.45, 7) is 1.20. The molecule has 1 N–H and O–H groups in total. The monoisotopic (exact) mass is 336 g/mol. The minimum Gasteiger partial charge on any atom is -0.497 e. The summed E-state index contributed by atoms with van der Waals surface area (Å²) in [6, 6.07) is 15.6. The minimum absolute atomic E-state index is 0.00291. The highest BCUT2D eigenvalue weighted by Crippen LogP contribution is 2.12. The van der Waals surface area contributed by atoms with E-state index in [4.69, 9.17) is 4.74 Å². The molecule has 1 amide bonds. The second-order valence-corrected chi connectivity index (χ2v) is 5.71. The van der Waals surface area contributed by atoms with Gasteiger partial charge in [0.15, 0.2) is 0 Å². The van der Waals surface area contributed by atoms with Gasteiger partial charge in [-0.2, -0.15) is 5.10 Å². The van der Waals surface area contributed by atoms with Gasteiger partial charge in [0, 0.05) is 6.54 Å². The Kier molecular flexibility index (Phi) is 5.41. The van der Waals surface area contributed by atoms with Crippen molar-refractivity contribution >= 4 is 5.91 Å². The molecule has 128 valence electrons. The van der Waals surface area contributed by atoms with Gasteiger partial charge in [-0.1, -0.05) is 36.4 Å². The SMILES string of the molecule is COc1ccc(CC(=O)NCc2ccc(Cn3cncn3)cc2)cc1. The van der Waals surface area contributed by atoms with Gasteiger partial charge in [0.05, 0.1) is 20.1 Å². The summed E-state index contributed by atoms with van der Waals surface area (Å²) in [4.78, 5) is 16.0. The van der Waals surface area contributed by atoms with Crippen LogP contribution in [0, 0.1) is 0 Å². The van der Waals surface area contributed by atoms with Gasteiger partial charge in [0.2, 0.25) is 5.91 Å². The molecule has 0 radical (unpaired) electrons. The third-order valence-electron chi connectivity index (χ3n) is 3.85. The Balaban J connectivity index is 1.48. The highest BCUT2D eigenvalue weighted by molar-refractivity contribution is 5.78. The third kappa shape index (κ3) is 4.91. The van der Waals surface area contributed by atoms with E-state index >= 15 is 0 Å². The molecule has 6 nitrogen and oxygen atoms in total. The lowest BCUT2D eigenvalue weighted by Crippen LogP contribution is -2.24. The number of amides is 1. The van der Waals surface area contributed by atoms with Gasteiger partial charge >= 0.3 is 0 Å². The van der Waals surface area contributed by atoms with Gasteiger partial charge in [-0.25, -0.2) is 9.67 Å². The van der Waals surface area contributed by atoms with E-state index in [0.29, 0.717) is 19.5 Å². The normalized spacial score (nSPS) is 10.4. The van der Waals surface area contributed by atoms with E-state index < -0.39 is 0 Å². The molecule has 0 aliphatic carbocycles. The molecule has 2 aromatic carbocycles. The standard InChI is InChI=1S/C19H20N4O2/c1-25-18-8-6-15(7-9-18)10-19(24)21-11-16-2-4-17(5-3-16)12-23-14-20-13-22-23/h2-9,13-14H,10-12H2,1H3,(H,21,24). The number of hydrogen-bond acceptors (Lipinski definition) is 4. The summed E-state index contributed by atoms with van der Waals surface area (Å²) >= 11 is 0. The molecule has 1 heterocycles. The Morgan fingerprint density at radius 2 is 1.72 bits per heavy atom. The fraction of sp³-hybridized carbons (Fsp3) is 0.211. The van der Waals surface area contributed by atoms with Gasteiger partial charge in [0.25, 0.3) is 0 Å². The minimum atomic E-state index is -0.00291. The van der Waals surface area contributed by atoms with Crippen LogP contribution in [0.3, 0.4) is 0 Å². The van der Waals surface area contributed by atoms with E-state index in [0.717, 1.165) is 22.4 Å². The topological polar surface area (TPSA) is 69.0 Å². The van der Waals surface area contributed by atoms with Crippen LogP contribution in [0.15, 0.2) is 61.2 Å². The molecule has 6 heteroatoms. The maximum absolute atomic E-state index is 12.1. The van der Waals surface area contributed by atoms with E-state index in [2.05, 4.69) is 15.4 Å². The first-order valence-corrected chi connectivity index (χ1v) is 8.03. The predicted molar refractivity (Wildman–Crippen MR) is 94.1 cm³/mol. The first-order chi connectivity index (χ1) is 12.2. The number of rotatable bonds is 7. The summed E-state index contributed by atoms with van der Waals surface area (Å²) in [5.74, 6) is 0.784. The molecular weight excluding hydrogens is 316 g/mol. The highest BCUT2D eigenvalue weighted by atomic mass is 16.5. The number of nitrogens with one attached hydrogen (secondary N) is 1. The van der Waals surface area contributed by atoms with Crippen LogP contribution in [0.5, 0.6) is 5.75 Å². The zero-order valence-electron chi connectivity index (χ0n) is 14.1. The van der Waals surface area contributed by atoms with Gasteiger partial charge in [-0.05, 0) is 28.8 Å². The van der Waals surface area contributed by atoms with Gasteiger partial charge in [0.1, 0.15) is 18.4 Å². The van der Waals surface area contributed by atoms with Crippen LogP contribution in [0.1, 0.15) is 16.7 Å². The Morgan fingerprint density at radius 1 is 1.04 bits per heavy atom. The van der Waals surface area contributed by atoms with Crippen molar-refractivity contribution < 1.29 is 9.53 Å². The number of nitrogens with zero attached hydrogens (tertiary/aromatic N) is 3. The lowest BCUT2D eigenvalue weighted by Gasteiger charge is -2.07. The van der Waals surface area contributed by atoms with Crippen LogP contribution in [0.4, 0.5) is 0 Å². The Morgan fingerprint density at radius 3 is 2.36 bits per heavy atom. The number of ether oxygens (including phenoxy) is 1. The van der Waals surface area contributed by atoms with E-state index in [1.165, 1.54) is 6.33 Å². The molecule has 0 unspecified atom stereocenters. The van der Waals surface area contributed by atoms with Crippen LogP contribution < -0.4 is 10.1 Å². The lowest BCUT2D eigenvalue weighted by molar-refractivity contribution is -0.120. The molecule has 25 heavy (non-hydrogen) atoms. The molecule has 0 fully saturated rings. The smallest absolute Gasteiger partial charge is 0.224 e. The van der Waals surface area contributed by atoms with E-state index in [1.54, 1.807) is 18.1 Å². The van der Waals surface area contributed by atoms with Crippen molar-refractivity contribution in [2.75, 3.05) is 7.11 Å². The van der Waals surface area contributed by atoms with Crippen molar-refractivity contribution in [3.63, 3.8) is 0 Å². The van der Waals surface area contributed by atoms with Gasteiger partial charge < -0.3 is 10.1 Å². The van der Waals surface area contributed by atoms with Crippen molar-refractivity contribution in [3.05, 3.63) is 77.9 Å². The third-order valence-corrected chi connectivity index (χ3v) is 3.85.